The summed E-state index contributed by atoms with van der Waals surface area (Å²) in [4.78, 5) is 0. The van der Waals surface area contributed by atoms with Gasteiger partial charge in [0.2, 0.25) is 0 Å². The molecule has 0 aromatic carbocycles. The fraction of sp³-hybridized carbons (Fsp3) is 1.00. The van der Waals surface area contributed by atoms with E-state index in [1.165, 1.54) is 24.3 Å². The fourth-order valence-corrected chi connectivity index (χ4v) is 2.82. The average molecular weight is 206 g/mol. The van der Waals surface area contributed by atoms with Crippen molar-refractivity contribution < 1.29 is 0 Å². The second-order valence-corrected chi connectivity index (χ2v) is 5.21. The quantitative estimate of drug-likeness (QED) is 0.619. The maximum atomic E-state index is 4.36. The van der Waals surface area contributed by atoms with Gasteiger partial charge in [-0.25, -0.2) is 0 Å². The molecule has 0 radical (unpaired) electrons. The van der Waals surface area contributed by atoms with E-state index in [1.807, 2.05) is 0 Å². The van der Waals surface area contributed by atoms with Gasteiger partial charge in [-0.2, -0.15) is 24.4 Å². The Hall–Kier alpha value is 0.700. The summed E-state index contributed by atoms with van der Waals surface area (Å²) >= 11 is 6.45. The molecule has 0 aliphatic heterocycles. The van der Waals surface area contributed by atoms with E-state index in [0.29, 0.717) is 0 Å². The van der Waals surface area contributed by atoms with E-state index < -0.39 is 0 Å². The molecule has 1 unspecified atom stereocenters. The molecule has 0 amide bonds. The Bertz CT molecular complexity index is 91.8. The molecule has 0 aliphatic carbocycles. The van der Waals surface area contributed by atoms with E-state index in [4.69, 9.17) is 0 Å². The van der Waals surface area contributed by atoms with Gasteiger partial charge in [-0.15, -0.1) is 0 Å². The molecule has 2 heteroatoms. The van der Waals surface area contributed by atoms with Crippen molar-refractivity contribution in [2.45, 2.75) is 33.6 Å². The van der Waals surface area contributed by atoms with Crippen LogP contribution >= 0.6 is 24.4 Å². The molecule has 12 heavy (non-hydrogen) atoms. The lowest BCUT2D eigenvalue weighted by Crippen LogP contribution is -2.06. The van der Waals surface area contributed by atoms with Gasteiger partial charge in [0.15, 0.2) is 0 Å². The van der Waals surface area contributed by atoms with Crippen LogP contribution in [0.2, 0.25) is 0 Å². The molecule has 0 rings (SSSR count). The highest BCUT2D eigenvalue weighted by Crippen LogP contribution is 2.17. The third kappa shape index (κ3) is 7.35. The second kappa shape index (κ2) is 8.31. The predicted octanol–water partition coefficient (Wildman–Crippen LogP) is 3.72. The topological polar surface area (TPSA) is 0 Å². The lowest BCUT2D eigenvalue weighted by atomic mass is 10.1. The summed E-state index contributed by atoms with van der Waals surface area (Å²) in [5, 5.41) is 0. The van der Waals surface area contributed by atoms with Crippen LogP contribution in [0.15, 0.2) is 0 Å². The Morgan fingerprint density at radius 3 is 2.33 bits per heavy atom. The molecule has 0 fully saturated rings. The molecule has 74 valence electrons. The Morgan fingerprint density at radius 2 is 1.92 bits per heavy atom. The highest BCUT2D eigenvalue weighted by molar-refractivity contribution is 7.99. The normalized spacial score (nSPS) is 13.8. The zero-order valence-corrected chi connectivity index (χ0v) is 10.3. The Kier molecular flexibility index (Phi) is 8.79. The van der Waals surface area contributed by atoms with Crippen molar-refractivity contribution in [1.29, 1.82) is 0 Å². The Labute approximate surface area is 87.3 Å². The molecule has 0 spiro atoms. The highest BCUT2D eigenvalue weighted by Gasteiger charge is 2.05. The number of thioether (sulfide) groups is 1. The third-order valence-electron chi connectivity index (χ3n) is 1.76. The maximum absolute atomic E-state index is 4.36. The van der Waals surface area contributed by atoms with Gasteiger partial charge in [-0.3, -0.25) is 0 Å². The second-order valence-electron chi connectivity index (χ2n) is 3.77. The predicted molar refractivity (Wildman–Crippen MR) is 64.4 cm³/mol. The first-order chi connectivity index (χ1) is 5.70. The number of hydrogen-bond acceptors (Lipinski definition) is 2. The van der Waals surface area contributed by atoms with Crippen molar-refractivity contribution in [2.75, 3.05) is 17.3 Å². The van der Waals surface area contributed by atoms with Crippen molar-refractivity contribution in [3.05, 3.63) is 0 Å². The molecule has 0 aliphatic rings. The van der Waals surface area contributed by atoms with Gasteiger partial charge in [0, 0.05) is 0 Å². The van der Waals surface area contributed by atoms with Gasteiger partial charge >= 0.3 is 0 Å². The molecular weight excluding hydrogens is 184 g/mol. The Balaban J connectivity index is 3.31. The SMILES string of the molecule is CCCC(CS)CSCC(C)C. The van der Waals surface area contributed by atoms with Crippen LogP contribution in [0.25, 0.3) is 0 Å². The lowest BCUT2D eigenvalue weighted by Gasteiger charge is -2.13. The third-order valence-corrected chi connectivity index (χ3v) is 3.89. The molecular formula is C10H22S2. The van der Waals surface area contributed by atoms with Crippen LogP contribution in [0.1, 0.15) is 33.6 Å². The highest BCUT2D eigenvalue weighted by atomic mass is 32.2. The zero-order chi connectivity index (χ0) is 9.40. The minimum absolute atomic E-state index is 0.831. The van der Waals surface area contributed by atoms with Crippen LogP contribution in [-0.2, 0) is 0 Å². The summed E-state index contributed by atoms with van der Waals surface area (Å²) in [6.45, 7) is 6.81. The lowest BCUT2D eigenvalue weighted by molar-refractivity contribution is 0.594. The first kappa shape index (κ1) is 12.7. The first-order valence-corrected chi connectivity index (χ1v) is 6.68. The van der Waals surface area contributed by atoms with Crippen LogP contribution < -0.4 is 0 Å². The zero-order valence-electron chi connectivity index (χ0n) is 8.55. The van der Waals surface area contributed by atoms with E-state index in [2.05, 4.69) is 45.2 Å². The van der Waals surface area contributed by atoms with Gasteiger partial charge in [-0.1, -0.05) is 27.2 Å². The maximum Gasteiger partial charge on any atom is -0.00312 e. The van der Waals surface area contributed by atoms with Gasteiger partial charge < -0.3 is 0 Å². The molecule has 0 bridgehead atoms. The molecule has 0 aromatic heterocycles. The summed E-state index contributed by atoms with van der Waals surface area (Å²) < 4.78 is 0. The molecule has 0 saturated carbocycles. The van der Waals surface area contributed by atoms with Gasteiger partial charge in [0.1, 0.15) is 0 Å². The number of thiol groups is 1. The van der Waals surface area contributed by atoms with Gasteiger partial charge in [0.05, 0.1) is 0 Å². The van der Waals surface area contributed by atoms with E-state index in [0.717, 1.165) is 17.6 Å². The largest absolute Gasteiger partial charge is 0.179 e. The molecule has 0 aromatic rings. The minimum atomic E-state index is 0.831. The first-order valence-electron chi connectivity index (χ1n) is 4.89. The summed E-state index contributed by atoms with van der Waals surface area (Å²) in [6.07, 6.45) is 2.64. The van der Waals surface area contributed by atoms with Crippen molar-refractivity contribution in [3.63, 3.8) is 0 Å². The van der Waals surface area contributed by atoms with Gasteiger partial charge in [0.25, 0.3) is 0 Å². The summed E-state index contributed by atoms with van der Waals surface area (Å²) in [7, 11) is 0. The van der Waals surface area contributed by atoms with Crippen LogP contribution in [0.3, 0.4) is 0 Å². The van der Waals surface area contributed by atoms with Crippen LogP contribution in [0, 0.1) is 11.8 Å². The standard InChI is InChI=1S/C10H22S2/c1-4-5-10(6-11)8-12-7-9(2)3/h9-11H,4-8H2,1-3H3. The van der Waals surface area contributed by atoms with E-state index >= 15 is 0 Å². The van der Waals surface area contributed by atoms with Crippen molar-refractivity contribution in [3.8, 4) is 0 Å². The molecule has 1 atom stereocenters. The van der Waals surface area contributed by atoms with E-state index in [9.17, 15) is 0 Å². The summed E-state index contributed by atoms with van der Waals surface area (Å²) in [5.74, 6) is 5.32. The smallest absolute Gasteiger partial charge is 0.00312 e. The van der Waals surface area contributed by atoms with Crippen molar-refractivity contribution in [1.82, 2.24) is 0 Å². The van der Waals surface area contributed by atoms with Crippen molar-refractivity contribution >= 4 is 24.4 Å². The molecule has 0 N–H and O–H groups in total. The van der Waals surface area contributed by atoms with Crippen LogP contribution in [0.4, 0.5) is 0 Å². The minimum Gasteiger partial charge on any atom is -0.179 e. The van der Waals surface area contributed by atoms with E-state index in [-0.39, 0.29) is 0 Å². The van der Waals surface area contributed by atoms with Crippen LogP contribution in [0.5, 0.6) is 0 Å². The fourth-order valence-electron chi connectivity index (χ4n) is 1.11. The Morgan fingerprint density at radius 1 is 1.25 bits per heavy atom. The summed E-state index contributed by atoms with van der Waals surface area (Å²) in [5.41, 5.74) is 0. The molecule has 0 saturated heterocycles. The van der Waals surface area contributed by atoms with Crippen molar-refractivity contribution in [2.24, 2.45) is 11.8 Å². The average Bonchev–Trinajstić information content (AvgIpc) is 2.02. The molecule has 0 heterocycles. The number of hydrogen-bond donors (Lipinski definition) is 1. The summed E-state index contributed by atoms with van der Waals surface area (Å²) in [6, 6.07) is 0. The number of rotatable bonds is 7. The van der Waals surface area contributed by atoms with Gasteiger partial charge in [-0.05, 0) is 35.5 Å². The monoisotopic (exact) mass is 206 g/mol. The molecule has 0 nitrogen and oxygen atoms in total. The van der Waals surface area contributed by atoms with Crippen LogP contribution in [-0.4, -0.2) is 17.3 Å². The van der Waals surface area contributed by atoms with E-state index in [1.54, 1.807) is 0 Å².